The second kappa shape index (κ2) is 5.57. The first-order valence-electron chi connectivity index (χ1n) is 7.52. The second-order valence-corrected chi connectivity index (χ2v) is 6.03. The molecule has 118 valence electrons. The van der Waals surface area contributed by atoms with Crippen LogP contribution in [0.2, 0.25) is 0 Å². The SMILES string of the molecule is Cc1nn(C)c2ncc(NC(=O)NC3(CO)CCCC3)cc12. The summed E-state index contributed by atoms with van der Waals surface area (Å²) >= 11 is 0. The molecule has 0 radical (unpaired) electrons. The summed E-state index contributed by atoms with van der Waals surface area (Å²) in [7, 11) is 1.84. The molecule has 3 rings (SSSR count). The zero-order valence-corrected chi connectivity index (χ0v) is 12.9. The van der Waals surface area contributed by atoms with Crippen molar-refractivity contribution in [2.24, 2.45) is 7.05 Å². The van der Waals surface area contributed by atoms with Crippen LogP contribution in [0.4, 0.5) is 10.5 Å². The highest BCUT2D eigenvalue weighted by atomic mass is 16.3. The van der Waals surface area contributed by atoms with E-state index in [1.807, 2.05) is 20.0 Å². The normalized spacial score (nSPS) is 16.9. The molecule has 2 aromatic heterocycles. The number of aromatic nitrogens is 3. The predicted octanol–water partition coefficient (Wildman–Crippen LogP) is 1.70. The summed E-state index contributed by atoms with van der Waals surface area (Å²) in [5.41, 5.74) is 1.79. The molecule has 1 saturated carbocycles. The maximum absolute atomic E-state index is 12.2. The van der Waals surface area contributed by atoms with E-state index in [-0.39, 0.29) is 12.6 Å². The summed E-state index contributed by atoms with van der Waals surface area (Å²) in [6.07, 6.45) is 5.31. The van der Waals surface area contributed by atoms with Crippen molar-refractivity contribution in [3.8, 4) is 0 Å². The van der Waals surface area contributed by atoms with Crippen LogP contribution in [0.1, 0.15) is 31.4 Å². The highest BCUT2D eigenvalue weighted by Gasteiger charge is 2.34. The van der Waals surface area contributed by atoms with Gasteiger partial charge in [0.15, 0.2) is 5.65 Å². The molecule has 2 aromatic rings. The van der Waals surface area contributed by atoms with E-state index < -0.39 is 5.54 Å². The molecule has 0 bridgehead atoms. The lowest BCUT2D eigenvalue weighted by molar-refractivity contribution is 0.167. The Morgan fingerprint density at radius 3 is 2.86 bits per heavy atom. The summed E-state index contributed by atoms with van der Waals surface area (Å²) in [6, 6.07) is 1.56. The molecule has 2 heterocycles. The Hall–Kier alpha value is -2.15. The molecule has 3 N–H and O–H groups in total. The number of aliphatic hydroxyl groups excluding tert-OH is 1. The Bertz CT molecular complexity index is 703. The van der Waals surface area contributed by atoms with E-state index in [2.05, 4.69) is 20.7 Å². The van der Waals surface area contributed by atoms with Crippen molar-refractivity contribution >= 4 is 22.8 Å². The monoisotopic (exact) mass is 303 g/mol. The van der Waals surface area contributed by atoms with Gasteiger partial charge in [0.2, 0.25) is 0 Å². The topological polar surface area (TPSA) is 92.1 Å². The Morgan fingerprint density at radius 2 is 2.18 bits per heavy atom. The molecule has 1 aliphatic carbocycles. The first-order valence-corrected chi connectivity index (χ1v) is 7.52. The number of fused-ring (bicyclic) bond motifs is 1. The van der Waals surface area contributed by atoms with Crippen LogP contribution in [-0.2, 0) is 7.05 Å². The smallest absolute Gasteiger partial charge is 0.319 e. The van der Waals surface area contributed by atoms with Crippen LogP contribution in [0.25, 0.3) is 11.0 Å². The van der Waals surface area contributed by atoms with Gasteiger partial charge < -0.3 is 15.7 Å². The third-order valence-electron chi connectivity index (χ3n) is 4.36. The van der Waals surface area contributed by atoms with Gasteiger partial charge in [-0.3, -0.25) is 4.68 Å². The molecule has 0 spiro atoms. The number of aliphatic hydroxyl groups is 1. The van der Waals surface area contributed by atoms with Gasteiger partial charge in [-0.15, -0.1) is 0 Å². The summed E-state index contributed by atoms with van der Waals surface area (Å²) in [6.45, 7) is 1.88. The van der Waals surface area contributed by atoms with E-state index in [4.69, 9.17) is 0 Å². The van der Waals surface area contributed by atoms with Crippen LogP contribution in [-0.4, -0.2) is 38.0 Å². The zero-order chi connectivity index (χ0) is 15.7. The van der Waals surface area contributed by atoms with E-state index in [0.717, 1.165) is 42.4 Å². The van der Waals surface area contributed by atoms with Crippen molar-refractivity contribution in [2.45, 2.75) is 38.1 Å². The number of hydrogen-bond donors (Lipinski definition) is 3. The Morgan fingerprint density at radius 1 is 1.45 bits per heavy atom. The number of rotatable bonds is 3. The number of hydrogen-bond acceptors (Lipinski definition) is 4. The molecular formula is C15H21N5O2. The Balaban J connectivity index is 1.75. The van der Waals surface area contributed by atoms with Crippen molar-refractivity contribution in [3.63, 3.8) is 0 Å². The minimum atomic E-state index is -0.480. The molecule has 2 amide bonds. The lowest BCUT2D eigenvalue weighted by Gasteiger charge is -2.27. The van der Waals surface area contributed by atoms with Gasteiger partial charge in [-0.05, 0) is 25.8 Å². The maximum atomic E-state index is 12.2. The molecule has 7 heteroatoms. The fraction of sp³-hybridized carbons (Fsp3) is 0.533. The van der Waals surface area contributed by atoms with Gasteiger partial charge in [-0.2, -0.15) is 5.10 Å². The first-order chi connectivity index (χ1) is 10.5. The van der Waals surface area contributed by atoms with E-state index in [9.17, 15) is 9.90 Å². The highest BCUT2D eigenvalue weighted by Crippen LogP contribution is 2.29. The third kappa shape index (κ3) is 2.64. The molecule has 22 heavy (non-hydrogen) atoms. The predicted molar refractivity (Wildman–Crippen MR) is 83.7 cm³/mol. The zero-order valence-electron chi connectivity index (χ0n) is 12.9. The van der Waals surface area contributed by atoms with E-state index in [0.29, 0.717) is 5.69 Å². The van der Waals surface area contributed by atoms with Gasteiger partial charge >= 0.3 is 6.03 Å². The van der Waals surface area contributed by atoms with E-state index in [1.54, 1.807) is 10.9 Å². The lowest BCUT2D eigenvalue weighted by atomic mass is 9.99. The minimum Gasteiger partial charge on any atom is -0.394 e. The summed E-state index contributed by atoms with van der Waals surface area (Å²) in [5.74, 6) is 0. The molecule has 0 atom stereocenters. The third-order valence-corrected chi connectivity index (χ3v) is 4.36. The molecule has 7 nitrogen and oxygen atoms in total. The van der Waals surface area contributed by atoms with Gasteiger partial charge in [-0.25, -0.2) is 9.78 Å². The largest absolute Gasteiger partial charge is 0.394 e. The van der Waals surface area contributed by atoms with Crippen LogP contribution >= 0.6 is 0 Å². The minimum absolute atomic E-state index is 0.0284. The molecule has 1 aliphatic rings. The van der Waals surface area contributed by atoms with Crippen LogP contribution in [0.15, 0.2) is 12.3 Å². The average Bonchev–Trinajstić information content (AvgIpc) is 3.05. The second-order valence-electron chi connectivity index (χ2n) is 6.03. The number of nitrogens with one attached hydrogen (secondary N) is 2. The van der Waals surface area contributed by atoms with Crippen LogP contribution < -0.4 is 10.6 Å². The molecule has 1 fully saturated rings. The number of aryl methyl sites for hydroxylation is 2. The van der Waals surface area contributed by atoms with Crippen LogP contribution in [0.5, 0.6) is 0 Å². The van der Waals surface area contributed by atoms with E-state index >= 15 is 0 Å². The van der Waals surface area contributed by atoms with Gasteiger partial charge in [0, 0.05) is 12.4 Å². The van der Waals surface area contributed by atoms with Crippen molar-refractivity contribution in [2.75, 3.05) is 11.9 Å². The number of carbonyl (C=O) groups is 1. The number of urea groups is 1. The number of amides is 2. The maximum Gasteiger partial charge on any atom is 0.319 e. The average molecular weight is 303 g/mol. The lowest BCUT2D eigenvalue weighted by Crippen LogP contribution is -2.50. The molecule has 0 aromatic carbocycles. The van der Waals surface area contributed by atoms with Gasteiger partial charge in [0.25, 0.3) is 0 Å². The molecule has 0 unspecified atom stereocenters. The quantitative estimate of drug-likeness (QED) is 0.805. The Kier molecular flexibility index (Phi) is 3.74. The summed E-state index contributed by atoms with van der Waals surface area (Å²) in [4.78, 5) is 16.5. The van der Waals surface area contributed by atoms with Crippen LogP contribution in [0, 0.1) is 6.92 Å². The number of carbonyl (C=O) groups excluding carboxylic acids is 1. The van der Waals surface area contributed by atoms with Gasteiger partial charge in [-0.1, -0.05) is 12.8 Å². The summed E-state index contributed by atoms with van der Waals surface area (Å²) in [5, 5.41) is 20.5. The number of anilines is 1. The molecule has 0 aliphatic heterocycles. The number of nitrogens with zero attached hydrogens (tertiary/aromatic N) is 3. The van der Waals surface area contributed by atoms with Crippen molar-refractivity contribution in [1.82, 2.24) is 20.1 Å². The number of pyridine rings is 1. The van der Waals surface area contributed by atoms with Crippen molar-refractivity contribution < 1.29 is 9.90 Å². The summed E-state index contributed by atoms with van der Waals surface area (Å²) < 4.78 is 1.72. The fourth-order valence-electron chi connectivity index (χ4n) is 3.15. The highest BCUT2D eigenvalue weighted by molar-refractivity contribution is 5.92. The van der Waals surface area contributed by atoms with Crippen molar-refractivity contribution in [1.29, 1.82) is 0 Å². The molecular weight excluding hydrogens is 282 g/mol. The Labute approximate surface area is 128 Å². The fourth-order valence-corrected chi connectivity index (χ4v) is 3.15. The van der Waals surface area contributed by atoms with Crippen LogP contribution in [0.3, 0.4) is 0 Å². The first kappa shape index (κ1) is 14.8. The van der Waals surface area contributed by atoms with Crippen molar-refractivity contribution in [3.05, 3.63) is 18.0 Å². The molecule has 0 saturated heterocycles. The standard InChI is InChI=1S/C15H21N5O2/c1-10-12-7-11(8-16-13(12)20(2)19-10)17-14(22)18-15(9-21)5-3-4-6-15/h7-8,21H,3-6,9H2,1-2H3,(H2,17,18,22). The van der Waals surface area contributed by atoms with Gasteiger partial charge in [0.1, 0.15) is 0 Å². The van der Waals surface area contributed by atoms with Gasteiger partial charge in [0.05, 0.1) is 29.7 Å². The van der Waals surface area contributed by atoms with E-state index in [1.165, 1.54) is 0 Å².